The van der Waals surface area contributed by atoms with Crippen LogP contribution in [0.1, 0.15) is 32.8 Å². The Hall–Kier alpha value is -1.42. The summed E-state index contributed by atoms with van der Waals surface area (Å²) in [5.74, 6) is -0.730. The van der Waals surface area contributed by atoms with Crippen LogP contribution in [0, 0.1) is 24.1 Å². The van der Waals surface area contributed by atoms with Crippen molar-refractivity contribution in [2.45, 2.75) is 34.1 Å². The van der Waals surface area contributed by atoms with Gasteiger partial charge in [0.25, 0.3) is 0 Å². The van der Waals surface area contributed by atoms with Crippen LogP contribution in [0.2, 0.25) is 0 Å². The lowest BCUT2D eigenvalue weighted by Gasteiger charge is -2.24. The smallest absolute Gasteiger partial charge is 0.228 e. The van der Waals surface area contributed by atoms with E-state index >= 15 is 0 Å². The zero-order valence-corrected chi connectivity index (χ0v) is 12.1. The summed E-state index contributed by atoms with van der Waals surface area (Å²) >= 11 is 0. The number of carbonyl (C=O) groups is 1. The van der Waals surface area contributed by atoms with E-state index in [0.29, 0.717) is 17.7 Å². The number of benzene rings is 1. The van der Waals surface area contributed by atoms with Crippen LogP contribution in [0.4, 0.5) is 10.1 Å². The van der Waals surface area contributed by atoms with Crippen LogP contribution < -0.4 is 11.1 Å². The normalized spacial score (nSPS) is 13.2. The third-order valence-electron chi connectivity index (χ3n) is 3.04. The van der Waals surface area contributed by atoms with Crippen molar-refractivity contribution in [1.29, 1.82) is 0 Å². The summed E-state index contributed by atoms with van der Waals surface area (Å²) in [4.78, 5) is 12.2. The van der Waals surface area contributed by atoms with Crippen molar-refractivity contribution in [1.82, 2.24) is 0 Å². The molecule has 4 heteroatoms. The zero-order chi connectivity index (χ0) is 14.6. The lowest BCUT2D eigenvalue weighted by Crippen LogP contribution is -2.32. The standard InChI is InChI=1S/C15H23FN2O/c1-10-12(16)6-5-7-13(10)18-14(19)11(9-17)8-15(2,3)4/h5-7,11H,8-9,17H2,1-4H3,(H,18,19). The van der Waals surface area contributed by atoms with Crippen LogP contribution in [0.5, 0.6) is 0 Å². The molecule has 0 aliphatic heterocycles. The van der Waals surface area contributed by atoms with E-state index in [4.69, 9.17) is 5.73 Å². The summed E-state index contributed by atoms with van der Waals surface area (Å²) in [5, 5.41) is 2.77. The summed E-state index contributed by atoms with van der Waals surface area (Å²) in [7, 11) is 0. The SMILES string of the molecule is Cc1c(F)cccc1NC(=O)C(CN)CC(C)(C)C. The van der Waals surface area contributed by atoms with E-state index in [1.54, 1.807) is 19.1 Å². The molecule has 106 valence electrons. The molecule has 3 nitrogen and oxygen atoms in total. The number of rotatable bonds is 4. The maximum atomic E-state index is 13.4. The van der Waals surface area contributed by atoms with Gasteiger partial charge in [-0.3, -0.25) is 4.79 Å². The van der Waals surface area contributed by atoms with Crippen LogP contribution >= 0.6 is 0 Å². The van der Waals surface area contributed by atoms with Gasteiger partial charge in [-0.2, -0.15) is 0 Å². The Morgan fingerprint density at radius 1 is 1.42 bits per heavy atom. The third-order valence-corrected chi connectivity index (χ3v) is 3.04. The topological polar surface area (TPSA) is 55.1 Å². The second-order valence-corrected chi connectivity index (χ2v) is 6.10. The molecule has 0 saturated heterocycles. The summed E-state index contributed by atoms with van der Waals surface area (Å²) in [6.07, 6.45) is 0.698. The van der Waals surface area contributed by atoms with Gasteiger partial charge in [-0.1, -0.05) is 26.8 Å². The van der Waals surface area contributed by atoms with E-state index in [0.717, 1.165) is 0 Å². The Labute approximate surface area is 114 Å². The Morgan fingerprint density at radius 3 is 2.58 bits per heavy atom. The first-order valence-corrected chi connectivity index (χ1v) is 6.50. The number of hydrogen-bond acceptors (Lipinski definition) is 2. The average molecular weight is 266 g/mol. The predicted octanol–water partition coefficient (Wildman–Crippen LogP) is 3.08. The van der Waals surface area contributed by atoms with E-state index in [1.807, 2.05) is 0 Å². The monoisotopic (exact) mass is 266 g/mol. The van der Waals surface area contributed by atoms with Gasteiger partial charge < -0.3 is 11.1 Å². The third kappa shape index (κ3) is 4.63. The van der Waals surface area contributed by atoms with Crippen molar-refractivity contribution in [3.8, 4) is 0 Å². The number of amides is 1. The van der Waals surface area contributed by atoms with Gasteiger partial charge in [0.15, 0.2) is 0 Å². The van der Waals surface area contributed by atoms with Gasteiger partial charge in [0, 0.05) is 17.8 Å². The van der Waals surface area contributed by atoms with Crippen molar-refractivity contribution < 1.29 is 9.18 Å². The molecule has 19 heavy (non-hydrogen) atoms. The molecule has 3 N–H and O–H groups in total. The van der Waals surface area contributed by atoms with Crippen LogP contribution in [0.25, 0.3) is 0 Å². The minimum Gasteiger partial charge on any atom is -0.330 e. The van der Waals surface area contributed by atoms with E-state index in [9.17, 15) is 9.18 Å². The molecule has 0 radical (unpaired) electrons. The van der Waals surface area contributed by atoms with Gasteiger partial charge in [0.2, 0.25) is 5.91 Å². The fourth-order valence-corrected chi connectivity index (χ4v) is 2.00. The zero-order valence-electron chi connectivity index (χ0n) is 12.1. The average Bonchev–Trinajstić information content (AvgIpc) is 2.30. The van der Waals surface area contributed by atoms with Gasteiger partial charge in [-0.25, -0.2) is 4.39 Å². The van der Waals surface area contributed by atoms with Gasteiger partial charge in [-0.15, -0.1) is 0 Å². The van der Waals surface area contributed by atoms with Gasteiger partial charge in [-0.05, 0) is 30.9 Å². The molecule has 1 atom stereocenters. The minimum absolute atomic E-state index is 0.0261. The molecule has 0 aliphatic rings. The fourth-order valence-electron chi connectivity index (χ4n) is 2.00. The molecule has 0 aromatic heterocycles. The number of halogens is 1. The van der Waals surface area contributed by atoms with Crippen LogP contribution in [0.3, 0.4) is 0 Å². The lowest BCUT2D eigenvalue weighted by molar-refractivity contribution is -0.120. The summed E-state index contributed by atoms with van der Waals surface area (Å²) < 4.78 is 13.4. The van der Waals surface area contributed by atoms with E-state index in [-0.39, 0.29) is 29.6 Å². The highest BCUT2D eigenvalue weighted by atomic mass is 19.1. The quantitative estimate of drug-likeness (QED) is 0.880. The Morgan fingerprint density at radius 2 is 2.05 bits per heavy atom. The largest absolute Gasteiger partial charge is 0.330 e. The van der Waals surface area contributed by atoms with E-state index in [1.165, 1.54) is 6.07 Å². The molecule has 0 aliphatic carbocycles. The van der Waals surface area contributed by atoms with E-state index < -0.39 is 0 Å². The first kappa shape index (κ1) is 15.6. The maximum absolute atomic E-state index is 13.4. The van der Waals surface area contributed by atoms with Crippen molar-refractivity contribution in [3.05, 3.63) is 29.6 Å². The highest BCUT2D eigenvalue weighted by Gasteiger charge is 2.24. The Bertz CT molecular complexity index is 452. The molecule has 1 unspecified atom stereocenters. The molecular weight excluding hydrogens is 243 g/mol. The van der Waals surface area contributed by atoms with Crippen LogP contribution in [-0.2, 0) is 4.79 Å². The van der Waals surface area contributed by atoms with Crippen molar-refractivity contribution in [2.75, 3.05) is 11.9 Å². The molecule has 0 saturated carbocycles. The fraction of sp³-hybridized carbons (Fsp3) is 0.533. The molecular formula is C15H23FN2O. The number of carbonyl (C=O) groups excluding carboxylic acids is 1. The van der Waals surface area contributed by atoms with Gasteiger partial charge in [0.1, 0.15) is 5.82 Å². The van der Waals surface area contributed by atoms with E-state index in [2.05, 4.69) is 26.1 Å². The molecule has 1 aromatic carbocycles. The molecule has 0 fully saturated rings. The van der Waals surface area contributed by atoms with Crippen molar-refractivity contribution in [3.63, 3.8) is 0 Å². The lowest BCUT2D eigenvalue weighted by atomic mass is 9.84. The molecule has 0 bridgehead atoms. The molecule has 0 spiro atoms. The summed E-state index contributed by atoms with van der Waals surface area (Å²) in [6, 6.07) is 4.65. The van der Waals surface area contributed by atoms with Crippen LogP contribution in [0.15, 0.2) is 18.2 Å². The second-order valence-electron chi connectivity index (χ2n) is 6.10. The molecule has 1 aromatic rings. The molecule has 1 rings (SSSR count). The highest BCUT2D eigenvalue weighted by molar-refractivity contribution is 5.93. The minimum atomic E-state index is -0.321. The Balaban J connectivity index is 2.80. The number of nitrogens with two attached hydrogens (primary N) is 1. The predicted molar refractivity (Wildman–Crippen MR) is 76.4 cm³/mol. The molecule has 1 amide bonds. The van der Waals surface area contributed by atoms with Crippen molar-refractivity contribution in [2.24, 2.45) is 17.1 Å². The summed E-state index contributed by atoms with van der Waals surface area (Å²) in [6.45, 7) is 8.13. The van der Waals surface area contributed by atoms with Crippen LogP contribution in [-0.4, -0.2) is 12.5 Å². The number of hydrogen-bond donors (Lipinski definition) is 2. The molecule has 0 heterocycles. The first-order valence-electron chi connectivity index (χ1n) is 6.50. The van der Waals surface area contributed by atoms with Gasteiger partial charge >= 0.3 is 0 Å². The highest BCUT2D eigenvalue weighted by Crippen LogP contribution is 2.25. The maximum Gasteiger partial charge on any atom is 0.228 e. The number of nitrogens with one attached hydrogen (secondary N) is 1. The van der Waals surface area contributed by atoms with Gasteiger partial charge in [0.05, 0.1) is 5.92 Å². The first-order chi connectivity index (χ1) is 8.74. The Kier molecular flexibility index (Phi) is 5.06. The second kappa shape index (κ2) is 6.15. The van der Waals surface area contributed by atoms with Crippen molar-refractivity contribution >= 4 is 11.6 Å². The number of anilines is 1. The summed E-state index contributed by atoms with van der Waals surface area (Å²) in [5.41, 5.74) is 6.65.